The molecule has 0 bridgehead atoms. The highest BCUT2D eigenvalue weighted by atomic mass is 19.1. The Morgan fingerprint density at radius 2 is 1.79 bits per heavy atom. The van der Waals surface area contributed by atoms with Crippen LogP contribution in [-0.2, 0) is 0 Å². The molecule has 1 aromatic carbocycles. The van der Waals surface area contributed by atoms with Gasteiger partial charge in [0, 0.05) is 29.7 Å². The lowest BCUT2D eigenvalue weighted by Gasteiger charge is -2.03. The van der Waals surface area contributed by atoms with Crippen molar-refractivity contribution in [3.8, 4) is 34.1 Å². The maximum Gasteiger partial charge on any atom is 0.258 e. The van der Waals surface area contributed by atoms with Gasteiger partial charge in [-0.3, -0.25) is 9.97 Å². The fourth-order valence-corrected chi connectivity index (χ4v) is 2.35. The molecule has 0 N–H and O–H groups in total. The predicted octanol–water partition coefficient (Wildman–Crippen LogP) is 4.00. The topological polar surface area (TPSA) is 64.7 Å². The van der Waals surface area contributed by atoms with Crippen molar-refractivity contribution in [1.29, 1.82) is 0 Å². The minimum atomic E-state index is -0.385. The van der Waals surface area contributed by atoms with Gasteiger partial charge >= 0.3 is 0 Å². The van der Waals surface area contributed by atoms with Gasteiger partial charge in [-0.2, -0.15) is 4.98 Å². The van der Waals surface area contributed by atoms with Gasteiger partial charge in [0.25, 0.3) is 5.89 Å². The summed E-state index contributed by atoms with van der Waals surface area (Å²) in [5.74, 6) is 0.210. The summed E-state index contributed by atoms with van der Waals surface area (Å²) in [5, 5.41) is 3.91. The first-order valence-corrected chi connectivity index (χ1v) is 7.26. The molecule has 6 heteroatoms. The molecule has 0 saturated heterocycles. The van der Waals surface area contributed by atoms with Gasteiger partial charge in [-0.1, -0.05) is 17.3 Å². The first-order valence-electron chi connectivity index (χ1n) is 7.26. The molecule has 0 fully saturated rings. The molecule has 0 unspecified atom stereocenters. The minimum Gasteiger partial charge on any atom is -0.334 e. The molecular weight excluding hydrogens is 307 g/mol. The highest BCUT2D eigenvalue weighted by Gasteiger charge is 2.13. The molecule has 0 atom stereocenters. The van der Waals surface area contributed by atoms with Crippen LogP contribution in [0.3, 0.4) is 0 Å². The molecule has 116 valence electrons. The number of aromatic nitrogens is 4. The normalized spacial score (nSPS) is 10.7. The van der Waals surface area contributed by atoms with Gasteiger partial charge in [-0.15, -0.1) is 0 Å². The van der Waals surface area contributed by atoms with Crippen molar-refractivity contribution in [2.45, 2.75) is 0 Å². The average molecular weight is 318 g/mol. The standard InChI is InChI=1S/C18H11FN4O/c19-15-9-13(12-4-3-6-20-11-12)8-14(10-15)18-22-17(23-24-18)16-5-1-2-7-21-16/h1-11H. The van der Waals surface area contributed by atoms with Crippen LogP contribution in [0, 0.1) is 5.82 Å². The number of halogens is 1. The van der Waals surface area contributed by atoms with E-state index in [1.165, 1.54) is 12.1 Å². The molecule has 4 aromatic rings. The zero-order valence-corrected chi connectivity index (χ0v) is 12.4. The van der Waals surface area contributed by atoms with Gasteiger partial charge in [0.1, 0.15) is 11.5 Å². The lowest BCUT2D eigenvalue weighted by molar-refractivity contribution is 0.432. The zero-order chi connectivity index (χ0) is 16.4. The second-order valence-corrected chi connectivity index (χ2v) is 5.11. The summed E-state index contributed by atoms with van der Waals surface area (Å²) in [5.41, 5.74) is 2.60. The van der Waals surface area contributed by atoms with Crippen molar-refractivity contribution < 1.29 is 8.91 Å². The third kappa shape index (κ3) is 2.77. The minimum absolute atomic E-state index is 0.236. The van der Waals surface area contributed by atoms with Crippen LogP contribution in [0.4, 0.5) is 4.39 Å². The van der Waals surface area contributed by atoms with Crippen LogP contribution >= 0.6 is 0 Å². The molecule has 4 rings (SSSR count). The quantitative estimate of drug-likeness (QED) is 0.571. The van der Waals surface area contributed by atoms with E-state index in [2.05, 4.69) is 20.1 Å². The third-order valence-electron chi connectivity index (χ3n) is 3.46. The fraction of sp³-hybridized carbons (Fsp3) is 0. The van der Waals surface area contributed by atoms with Gasteiger partial charge in [-0.25, -0.2) is 4.39 Å². The van der Waals surface area contributed by atoms with E-state index in [0.29, 0.717) is 22.6 Å². The monoisotopic (exact) mass is 318 g/mol. The first kappa shape index (κ1) is 14.2. The van der Waals surface area contributed by atoms with E-state index in [1.54, 1.807) is 42.9 Å². The Balaban J connectivity index is 1.75. The van der Waals surface area contributed by atoms with Gasteiger partial charge in [0.05, 0.1) is 0 Å². The summed E-state index contributed by atoms with van der Waals surface area (Å²) in [4.78, 5) is 12.5. The van der Waals surface area contributed by atoms with Crippen molar-refractivity contribution in [2.75, 3.05) is 0 Å². The Morgan fingerprint density at radius 1 is 0.875 bits per heavy atom. The lowest BCUT2D eigenvalue weighted by atomic mass is 10.0. The fourth-order valence-electron chi connectivity index (χ4n) is 2.35. The number of nitrogens with zero attached hydrogens (tertiary/aromatic N) is 4. The number of hydrogen-bond acceptors (Lipinski definition) is 5. The van der Waals surface area contributed by atoms with E-state index in [-0.39, 0.29) is 11.7 Å². The summed E-state index contributed by atoms with van der Waals surface area (Å²) < 4.78 is 19.3. The van der Waals surface area contributed by atoms with E-state index in [9.17, 15) is 4.39 Å². The zero-order valence-electron chi connectivity index (χ0n) is 12.4. The molecule has 5 nitrogen and oxygen atoms in total. The van der Waals surface area contributed by atoms with Crippen molar-refractivity contribution >= 4 is 0 Å². The van der Waals surface area contributed by atoms with Crippen LogP contribution in [0.2, 0.25) is 0 Å². The van der Waals surface area contributed by atoms with Crippen molar-refractivity contribution in [3.63, 3.8) is 0 Å². The molecule has 0 spiro atoms. The lowest BCUT2D eigenvalue weighted by Crippen LogP contribution is -1.87. The van der Waals surface area contributed by atoms with E-state index in [0.717, 1.165) is 5.56 Å². The first-order chi connectivity index (χ1) is 11.8. The van der Waals surface area contributed by atoms with Crippen LogP contribution in [-0.4, -0.2) is 20.1 Å². The molecule has 3 heterocycles. The summed E-state index contributed by atoms with van der Waals surface area (Å²) in [6.07, 6.45) is 4.99. The van der Waals surface area contributed by atoms with E-state index < -0.39 is 0 Å². The average Bonchev–Trinajstić information content (AvgIpc) is 3.13. The maximum atomic E-state index is 14.0. The number of pyridine rings is 2. The highest BCUT2D eigenvalue weighted by Crippen LogP contribution is 2.27. The smallest absolute Gasteiger partial charge is 0.258 e. The van der Waals surface area contributed by atoms with Gasteiger partial charge < -0.3 is 4.52 Å². The number of benzene rings is 1. The Kier molecular flexibility index (Phi) is 3.55. The van der Waals surface area contributed by atoms with Crippen LogP contribution in [0.15, 0.2) is 71.6 Å². The second-order valence-electron chi connectivity index (χ2n) is 5.11. The third-order valence-corrected chi connectivity index (χ3v) is 3.46. The van der Waals surface area contributed by atoms with E-state index >= 15 is 0 Å². The summed E-state index contributed by atoms with van der Waals surface area (Å²) in [7, 11) is 0. The van der Waals surface area contributed by atoms with Crippen molar-refractivity contribution in [2.24, 2.45) is 0 Å². The largest absolute Gasteiger partial charge is 0.334 e. The SMILES string of the molecule is Fc1cc(-c2cccnc2)cc(-c2nc(-c3ccccn3)no2)c1. The molecule has 0 aliphatic rings. The predicted molar refractivity (Wildman–Crippen MR) is 86.2 cm³/mol. The maximum absolute atomic E-state index is 14.0. The van der Waals surface area contributed by atoms with Gasteiger partial charge in [0.15, 0.2) is 0 Å². The summed E-state index contributed by atoms with van der Waals surface area (Å²) >= 11 is 0. The number of hydrogen-bond donors (Lipinski definition) is 0. The Bertz CT molecular complexity index is 971. The Hall–Kier alpha value is -3.41. The molecule has 0 aliphatic carbocycles. The van der Waals surface area contributed by atoms with Crippen LogP contribution < -0.4 is 0 Å². The molecular formula is C18H11FN4O. The molecule has 3 aromatic heterocycles. The van der Waals surface area contributed by atoms with Crippen LogP contribution in [0.5, 0.6) is 0 Å². The molecule has 24 heavy (non-hydrogen) atoms. The second kappa shape index (κ2) is 6.00. The Morgan fingerprint density at radius 3 is 2.58 bits per heavy atom. The Labute approximate surface area is 136 Å². The van der Waals surface area contributed by atoms with Crippen molar-refractivity contribution in [1.82, 2.24) is 20.1 Å². The highest BCUT2D eigenvalue weighted by molar-refractivity contribution is 5.69. The molecule has 0 saturated carbocycles. The summed E-state index contributed by atoms with van der Waals surface area (Å²) in [6, 6.07) is 13.7. The molecule has 0 aliphatic heterocycles. The van der Waals surface area contributed by atoms with E-state index in [1.807, 2.05) is 12.1 Å². The summed E-state index contributed by atoms with van der Waals surface area (Å²) in [6.45, 7) is 0. The van der Waals surface area contributed by atoms with Gasteiger partial charge in [-0.05, 0) is 42.0 Å². The van der Waals surface area contributed by atoms with E-state index in [4.69, 9.17) is 4.52 Å². The number of rotatable bonds is 3. The van der Waals surface area contributed by atoms with Crippen LogP contribution in [0.25, 0.3) is 34.1 Å². The van der Waals surface area contributed by atoms with Crippen LogP contribution in [0.1, 0.15) is 0 Å². The molecule has 0 radical (unpaired) electrons. The molecule has 0 amide bonds. The van der Waals surface area contributed by atoms with Crippen molar-refractivity contribution in [3.05, 3.63) is 72.9 Å². The van der Waals surface area contributed by atoms with Gasteiger partial charge in [0.2, 0.25) is 5.82 Å².